The quantitative estimate of drug-likeness (QED) is 0.702. The summed E-state index contributed by atoms with van der Waals surface area (Å²) in [7, 11) is 0. The van der Waals surface area contributed by atoms with Crippen molar-refractivity contribution in [2.45, 2.75) is 25.3 Å². The van der Waals surface area contributed by atoms with E-state index >= 15 is 0 Å². The first kappa shape index (κ1) is 15.6. The van der Waals surface area contributed by atoms with Crippen molar-refractivity contribution in [3.8, 4) is 0 Å². The van der Waals surface area contributed by atoms with E-state index in [1.165, 1.54) is 0 Å². The molecular weight excluding hydrogens is 314 g/mol. The van der Waals surface area contributed by atoms with E-state index in [9.17, 15) is 14.7 Å². The van der Waals surface area contributed by atoms with Gasteiger partial charge in [0, 0.05) is 12.3 Å². The van der Waals surface area contributed by atoms with Crippen LogP contribution in [0.3, 0.4) is 0 Å². The summed E-state index contributed by atoms with van der Waals surface area (Å²) in [5.41, 5.74) is 0.970. The van der Waals surface area contributed by atoms with E-state index in [1.807, 2.05) is 48.5 Å². The highest BCUT2D eigenvalue weighted by Crippen LogP contribution is 2.31. The zero-order chi connectivity index (χ0) is 17.4. The molecule has 0 saturated heterocycles. The second-order valence-electron chi connectivity index (χ2n) is 6.68. The molecule has 0 bridgehead atoms. The molecule has 0 aromatic heterocycles. The lowest BCUT2D eigenvalue weighted by molar-refractivity contribution is -0.141. The molecule has 3 aromatic rings. The summed E-state index contributed by atoms with van der Waals surface area (Å²) in [5, 5.41) is 16.6. The molecule has 4 rings (SSSR count). The Morgan fingerprint density at radius 1 is 1.00 bits per heavy atom. The van der Waals surface area contributed by atoms with Crippen LogP contribution in [0.2, 0.25) is 0 Å². The number of carboxylic acid groups (broad SMARTS) is 1. The smallest absolute Gasteiger partial charge is 0.326 e. The Balaban J connectivity index is 1.79. The average molecular weight is 333 g/mol. The minimum Gasteiger partial charge on any atom is -0.480 e. The van der Waals surface area contributed by atoms with Crippen LogP contribution >= 0.6 is 0 Å². The Morgan fingerprint density at radius 3 is 2.08 bits per heavy atom. The molecule has 1 aliphatic rings. The van der Waals surface area contributed by atoms with Crippen LogP contribution in [0, 0.1) is 5.92 Å². The minimum absolute atomic E-state index is 0.00823. The van der Waals surface area contributed by atoms with E-state index in [0.717, 1.165) is 39.9 Å². The molecule has 0 aliphatic heterocycles. The van der Waals surface area contributed by atoms with Crippen molar-refractivity contribution in [3.63, 3.8) is 0 Å². The highest BCUT2D eigenvalue weighted by atomic mass is 16.4. The van der Waals surface area contributed by atoms with Crippen LogP contribution in [0.5, 0.6) is 0 Å². The molecule has 0 spiro atoms. The molecule has 0 radical (unpaired) electrons. The van der Waals surface area contributed by atoms with Gasteiger partial charge in [-0.15, -0.1) is 0 Å². The van der Waals surface area contributed by atoms with Gasteiger partial charge in [-0.1, -0.05) is 48.5 Å². The highest BCUT2D eigenvalue weighted by Gasteiger charge is 2.33. The number of nitrogens with one attached hydrogen (secondary N) is 1. The zero-order valence-electron chi connectivity index (χ0n) is 13.7. The summed E-state index contributed by atoms with van der Waals surface area (Å²) in [6.07, 6.45) is 1.99. The van der Waals surface area contributed by atoms with Crippen LogP contribution in [0.4, 0.5) is 0 Å². The molecule has 1 atom stereocenters. The molecule has 0 unspecified atom stereocenters. The second kappa shape index (κ2) is 6.20. The molecule has 126 valence electrons. The fourth-order valence-electron chi connectivity index (χ4n) is 3.37. The van der Waals surface area contributed by atoms with Gasteiger partial charge in [0.1, 0.15) is 6.04 Å². The summed E-state index contributed by atoms with van der Waals surface area (Å²) in [4.78, 5) is 23.8. The Bertz CT molecular complexity index is 921. The van der Waals surface area contributed by atoms with Crippen molar-refractivity contribution in [1.29, 1.82) is 0 Å². The summed E-state index contributed by atoms with van der Waals surface area (Å²) in [5.74, 6) is -1.14. The first-order valence-electron chi connectivity index (χ1n) is 8.56. The SMILES string of the molecule is O=C(N[C@H](Cc1c2ccccc2cc2ccccc12)C(=O)O)C1CC1. The van der Waals surface area contributed by atoms with Crippen LogP contribution in [0.15, 0.2) is 54.6 Å². The molecule has 1 aliphatic carbocycles. The van der Waals surface area contributed by atoms with Crippen molar-refractivity contribution in [3.05, 3.63) is 60.2 Å². The summed E-state index contributed by atoms with van der Waals surface area (Å²) in [6.45, 7) is 0. The van der Waals surface area contributed by atoms with Crippen LogP contribution in [0.1, 0.15) is 18.4 Å². The fraction of sp³-hybridized carbons (Fsp3) is 0.238. The summed E-state index contributed by atoms with van der Waals surface area (Å²) >= 11 is 0. The number of aliphatic carboxylic acids is 1. The lowest BCUT2D eigenvalue weighted by Gasteiger charge is -2.18. The third-order valence-corrected chi connectivity index (χ3v) is 4.85. The van der Waals surface area contributed by atoms with Gasteiger partial charge < -0.3 is 10.4 Å². The average Bonchev–Trinajstić information content (AvgIpc) is 3.45. The number of fused-ring (bicyclic) bond motifs is 2. The number of hydrogen-bond acceptors (Lipinski definition) is 2. The van der Waals surface area contributed by atoms with E-state index in [2.05, 4.69) is 11.4 Å². The Morgan fingerprint density at radius 2 is 1.56 bits per heavy atom. The van der Waals surface area contributed by atoms with Gasteiger partial charge in [-0.2, -0.15) is 0 Å². The van der Waals surface area contributed by atoms with Gasteiger partial charge in [0.15, 0.2) is 0 Å². The predicted octanol–water partition coefficient (Wildman–Crippen LogP) is 3.51. The number of amides is 1. The minimum atomic E-state index is -0.994. The van der Waals surface area contributed by atoms with Gasteiger partial charge in [0.25, 0.3) is 0 Å². The number of rotatable bonds is 5. The molecule has 25 heavy (non-hydrogen) atoms. The lowest BCUT2D eigenvalue weighted by Crippen LogP contribution is -2.43. The van der Waals surface area contributed by atoms with E-state index in [1.54, 1.807) is 0 Å². The van der Waals surface area contributed by atoms with E-state index in [0.29, 0.717) is 0 Å². The van der Waals surface area contributed by atoms with Crippen molar-refractivity contribution in [1.82, 2.24) is 5.32 Å². The number of carbonyl (C=O) groups excluding carboxylic acids is 1. The van der Waals surface area contributed by atoms with Gasteiger partial charge >= 0.3 is 5.97 Å². The highest BCUT2D eigenvalue weighted by molar-refractivity contribution is 6.02. The maximum absolute atomic E-state index is 12.1. The topological polar surface area (TPSA) is 66.4 Å². The van der Waals surface area contributed by atoms with Gasteiger partial charge in [-0.05, 0) is 46.0 Å². The predicted molar refractivity (Wildman–Crippen MR) is 97.4 cm³/mol. The van der Waals surface area contributed by atoms with Gasteiger partial charge in [-0.3, -0.25) is 4.79 Å². The molecule has 0 heterocycles. The first-order valence-corrected chi connectivity index (χ1v) is 8.56. The third-order valence-electron chi connectivity index (χ3n) is 4.85. The van der Waals surface area contributed by atoms with Crippen molar-refractivity contribution in [2.75, 3.05) is 0 Å². The molecule has 4 heteroatoms. The van der Waals surface area contributed by atoms with Crippen LogP contribution < -0.4 is 5.32 Å². The van der Waals surface area contributed by atoms with Crippen LogP contribution in [-0.2, 0) is 16.0 Å². The van der Waals surface area contributed by atoms with Crippen molar-refractivity contribution in [2.24, 2.45) is 5.92 Å². The van der Waals surface area contributed by atoms with E-state index in [-0.39, 0.29) is 18.2 Å². The van der Waals surface area contributed by atoms with Crippen LogP contribution in [0.25, 0.3) is 21.5 Å². The van der Waals surface area contributed by atoms with Gasteiger partial charge in [0.2, 0.25) is 5.91 Å². The van der Waals surface area contributed by atoms with E-state index in [4.69, 9.17) is 0 Å². The molecule has 2 N–H and O–H groups in total. The Hall–Kier alpha value is -2.88. The number of carbonyl (C=O) groups is 2. The van der Waals surface area contributed by atoms with Gasteiger partial charge in [-0.25, -0.2) is 4.79 Å². The third kappa shape index (κ3) is 3.07. The molecule has 4 nitrogen and oxygen atoms in total. The number of carboxylic acids is 1. The van der Waals surface area contributed by atoms with Crippen molar-refractivity contribution < 1.29 is 14.7 Å². The first-order chi connectivity index (χ1) is 12.1. The molecule has 1 saturated carbocycles. The normalized spacial score (nSPS) is 15.2. The second-order valence-corrected chi connectivity index (χ2v) is 6.68. The maximum Gasteiger partial charge on any atom is 0.326 e. The number of benzene rings is 3. The van der Waals surface area contributed by atoms with Crippen LogP contribution in [-0.4, -0.2) is 23.0 Å². The standard InChI is InChI=1S/C21H19NO3/c23-20(13-9-10-13)22-19(21(24)25)12-18-16-7-3-1-5-14(16)11-15-6-2-4-8-17(15)18/h1-8,11,13,19H,9-10,12H2,(H,22,23)(H,24,25)/t19-/m1/s1. The monoisotopic (exact) mass is 333 g/mol. The Labute approximate surface area is 145 Å². The van der Waals surface area contributed by atoms with E-state index < -0.39 is 12.0 Å². The largest absolute Gasteiger partial charge is 0.480 e. The fourth-order valence-corrected chi connectivity index (χ4v) is 3.37. The maximum atomic E-state index is 12.1. The molecular formula is C21H19NO3. The van der Waals surface area contributed by atoms with Gasteiger partial charge in [0.05, 0.1) is 0 Å². The molecule has 3 aromatic carbocycles. The summed E-state index contributed by atoms with van der Waals surface area (Å²) in [6, 6.07) is 17.2. The zero-order valence-corrected chi connectivity index (χ0v) is 13.7. The number of hydrogen-bond donors (Lipinski definition) is 2. The lowest BCUT2D eigenvalue weighted by atomic mass is 9.92. The Kier molecular flexibility index (Phi) is 3.88. The van der Waals surface area contributed by atoms with Crippen molar-refractivity contribution >= 4 is 33.4 Å². The summed E-state index contributed by atoms with van der Waals surface area (Å²) < 4.78 is 0. The molecule has 1 fully saturated rings. The molecule has 1 amide bonds.